The van der Waals surface area contributed by atoms with Gasteiger partial charge in [0.1, 0.15) is 5.60 Å². The lowest BCUT2D eigenvalue weighted by Crippen LogP contribution is -2.33. The summed E-state index contributed by atoms with van der Waals surface area (Å²) < 4.78 is 7.30. The molecule has 1 atom stereocenters. The van der Waals surface area contributed by atoms with Gasteiger partial charge in [-0.25, -0.2) is 9.78 Å². The van der Waals surface area contributed by atoms with E-state index in [1.54, 1.807) is 0 Å². The van der Waals surface area contributed by atoms with Gasteiger partial charge in [0.25, 0.3) is 0 Å². The van der Waals surface area contributed by atoms with Crippen LogP contribution < -0.4 is 5.32 Å². The number of amides is 1. The van der Waals surface area contributed by atoms with Crippen LogP contribution in [0.2, 0.25) is 0 Å². The number of nitrogens with zero attached hydrogens (tertiary/aromatic N) is 2. The normalized spacial score (nSPS) is 12.8. The second-order valence-electron chi connectivity index (χ2n) is 5.84. The smallest absolute Gasteiger partial charge is 0.407 e. The maximum absolute atomic E-state index is 11.5. The molecule has 0 spiro atoms. The minimum absolute atomic E-state index is 0.325. The molecule has 1 unspecified atom stereocenters. The van der Waals surface area contributed by atoms with E-state index < -0.39 is 5.60 Å². The minimum Gasteiger partial charge on any atom is -0.444 e. The lowest BCUT2D eigenvalue weighted by molar-refractivity contribution is 0.0528. The van der Waals surface area contributed by atoms with Crippen LogP contribution in [-0.2, 0) is 11.2 Å². The van der Waals surface area contributed by atoms with E-state index in [-0.39, 0.29) is 6.09 Å². The van der Waals surface area contributed by atoms with Crippen molar-refractivity contribution < 1.29 is 9.53 Å². The first kappa shape index (κ1) is 16.3. The van der Waals surface area contributed by atoms with Crippen molar-refractivity contribution >= 4 is 6.09 Å². The molecule has 1 heterocycles. The van der Waals surface area contributed by atoms with Crippen molar-refractivity contribution in [2.24, 2.45) is 0 Å². The van der Waals surface area contributed by atoms with Gasteiger partial charge in [-0.2, -0.15) is 0 Å². The highest BCUT2D eigenvalue weighted by Crippen LogP contribution is 2.14. The maximum atomic E-state index is 11.5. The summed E-state index contributed by atoms with van der Waals surface area (Å²) in [5.41, 5.74) is 0.625. The summed E-state index contributed by atoms with van der Waals surface area (Å²) >= 11 is 0. The molecular formula is C15H25N3O2. The molecule has 5 nitrogen and oxygen atoms in total. The molecule has 5 heteroatoms. The number of aromatic nitrogens is 2. The zero-order valence-corrected chi connectivity index (χ0v) is 12.8. The van der Waals surface area contributed by atoms with Gasteiger partial charge in [-0.05, 0) is 34.1 Å². The average molecular weight is 279 g/mol. The lowest BCUT2D eigenvalue weighted by Gasteiger charge is -2.20. The molecule has 0 aromatic carbocycles. The molecule has 1 amide bonds. The van der Waals surface area contributed by atoms with Gasteiger partial charge in [-0.1, -0.05) is 6.08 Å². The van der Waals surface area contributed by atoms with E-state index in [4.69, 9.17) is 4.74 Å². The van der Waals surface area contributed by atoms with Gasteiger partial charge in [-0.15, -0.1) is 6.58 Å². The Morgan fingerprint density at radius 1 is 1.60 bits per heavy atom. The number of alkyl carbamates (subject to hydrolysis) is 1. The van der Waals surface area contributed by atoms with Crippen LogP contribution in [0, 0.1) is 0 Å². The summed E-state index contributed by atoms with van der Waals surface area (Å²) in [4.78, 5) is 15.7. The summed E-state index contributed by atoms with van der Waals surface area (Å²) in [6, 6.07) is 0.325. The van der Waals surface area contributed by atoms with Crippen LogP contribution in [0.4, 0.5) is 4.79 Å². The van der Waals surface area contributed by atoms with Crippen LogP contribution in [0.15, 0.2) is 25.2 Å². The summed E-state index contributed by atoms with van der Waals surface area (Å²) in [7, 11) is 0. The molecule has 0 bridgehead atoms. The van der Waals surface area contributed by atoms with Crippen LogP contribution in [0.3, 0.4) is 0 Å². The third-order valence-corrected chi connectivity index (χ3v) is 2.78. The van der Waals surface area contributed by atoms with Gasteiger partial charge in [0.05, 0.1) is 6.33 Å². The number of allylic oxidation sites excluding steroid dienone is 1. The SMILES string of the molecule is C=CCC(C)n1cncc1CCNC(=O)OC(C)(C)C. The Morgan fingerprint density at radius 2 is 2.30 bits per heavy atom. The topological polar surface area (TPSA) is 56.2 Å². The monoisotopic (exact) mass is 279 g/mol. The Hall–Kier alpha value is -1.78. The first-order valence-electron chi connectivity index (χ1n) is 6.92. The number of nitrogens with one attached hydrogen (secondary N) is 1. The van der Waals surface area contributed by atoms with E-state index in [9.17, 15) is 4.79 Å². The fourth-order valence-corrected chi connectivity index (χ4v) is 1.88. The molecule has 1 aromatic heterocycles. The standard InChI is InChI=1S/C15H25N3O2/c1-6-7-12(2)18-11-16-10-13(18)8-9-17-14(19)20-15(3,4)5/h6,10-12H,1,7-9H2,2-5H3,(H,17,19). The highest BCUT2D eigenvalue weighted by atomic mass is 16.6. The number of hydrogen-bond donors (Lipinski definition) is 1. The molecular weight excluding hydrogens is 254 g/mol. The molecule has 0 saturated heterocycles. The zero-order valence-electron chi connectivity index (χ0n) is 12.8. The first-order chi connectivity index (χ1) is 9.33. The van der Waals surface area contributed by atoms with Crippen molar-refractivity contribution in [3.63, 3.8) is 0 Å². The fourth-order valence-electron chi connectivity index (χ4n) is 1.88. The number of hydrogen-bond acceptors (Lipinski definition) is 3. The molecule has 0 radical (unpaired) electrons. The fraction of sp³-hybridized carbons (Fsp3) is 0.600. The molecule has 0 saturated carbocycles. The number of imidazole rings is 1. The van der Waals surface area contributed by atoms with Gasteiger partial charge in [0, 0.05) is 30.9 Å². The van der Waals surface area contributed by atoms with Crippen LogP contribution in [0.5, 0.6) is 0 Å². The Kier molecular flexibility index (Phi) is 5.80. The third kappa shape index (κ3) is 5.47. The van der Waals surface area contributed by atoms with Gasteiger partial charge in [0.15, 0.2) is 0 Å². The van der Waals surface area contributed by atoms with Crippen molar-refractivity contribution in [2.75, 3.05) is 6.54 Å². The van der Waals surface area contributed by atoms with Crippen LogP contribution in [0.1, 0.15) is 45.9 Å². The number of carbonyl (C=O) groups excluding carboxylic acids is 1. The van der Waals surface area contributed by atoms with Gasteiger partial charge >= 0.3 is 6.09 Å². The van der Waals surface area contributed by atoms with Gasteiger partial charge in [-0.3, -0.25) is 0 Å². The largest absolute Gasteiger partial charge is 0.444 e. The van der Waals surface area contributed by atoms with Crippen molar-refractivity contribution in [3.05, 3.63) is 30.9 Å². The van der Waals surface area contributed by atoms with Crippen molar-refractivity contribution in [1.82, 2.24) is 14.9 Å². The van der Waals surface area contributed by atoms with Crippen molar-refractivity contribution in [3.8, 4) is 0 Å². The summed E-state index contributed by atoms with van der Waals surface area (Å²) in [6.07, 6.45) is 6.77. The quantitative estimate of drug-likeness (QED) is 0.814. The molecule has 1 aromatic rings. The zero-order chi connectivity index (χ0) is 15.2. The van der Waals surface area contributed by atoms with Crippen molar-refractivity contribution in [1.29, 1.82) is 0 Å². The molecule has 20 heavy (non-hydrogen) atoms. The Bertz CT molecular complexity index is 446. The van der Waals surface area contributed by atoms with E-state index in [1.807, 2.05) is 39.4 Å². The third-order valence-electron chi connectivity index (χ3n) is 2.78. The number of carbonyl (C=O) groups is 1. The Morgan fingerprint density at radius 3 is 2.90 bits per heavy atom. The highest BCUT2D eigenvalue weighted by molar-refractivity contribution is 5.67. The predicted octanol–water partition coefficient (Wildman–Crippen LogP) is 3.09. The second-order valence-corrected chi connectivity index (χ2v) is 5.84. The van der Waals surface area contributed by atoms with Crippen LogP contribution in [0.25, 0.3) is 0 Å². The molecule has 0 aliphatic carbocycles. The van der Waals surface area contributed by atoms with Gasteiger partial charge in [0.2, 0.25) is 0 Å². The van der Waals surface area contributed by atoms with Crippen LogP contribution in [-0.4, -0.2) is 27.8 Å². The number of rotatable bonds is 6. The number of ether oxygens (including phenoxy) is 1. The molecule has 0 aliphatic heterocycles. The molecule has 1 N–H and O–H groups in total. The van der Waals surface area contributed by atoms with Crippen molar-refractivity contribution in [2.45, 2.75) is 52.2 Å². The van der Waals surface area contributed by atoms with E-state index in [1.165, 1.54) is 0 Å². The van der Waals surface area contributed by atoms with E-state index >= 15 is 0 Å². The van der Waals surface area contributed by atoms with E-state index in [0.717, 1.165) is 18.5 Å². The highest BCUT2D eigenvalue weighted by Gasteiger charge is 2.16. The second kappa shape index (κ2) is 7.12. The Balaban J connectivity index is 2.45. The Labute approximate surface area is 121 Å². The van der Waals surface area contributed by atoms with Gasteiger partial charge < -0.3 is 14.6 Å². The summed E-state index contributed by atoms with van der Waals surface area (Å²) in [6.45, 7) is 11.9. The first-order valence-corrected chi connectivity index (χ1v) is 6.92. The molecule has 1 rings (SSSR count). The molecule has 0 aliphatic rings. The average Bonchev–Trinajstić information content (AvgIpc) is 2.75. The van der Waals surface area contributed by atoms with E-state index in [2.05, 4.69) is 28.4 Å². The molecule has 0 fully saturated rings. The minimum atomic E-state index is -0.468. The summed E-state index contributed by atoms with van der Waals surface area (Å²) in [5, 5.41) is 2.75. The molecule has 112 valence electrons. The summed E-state index contributed by atoms with van der Waals surface area (Å²) in [5.74, 6) is 0. The lowest BCUT2D eigenvalue weighted by atomic mass is 10.2. The predicted molar refractivity (Wildman–Crippen MR) is 79.7 cm³/mol. The maximum Gasteiger partial charge on any atom is 0.407 e. The van der Waals surface area contributed by atoms with Crippen LogP contribution >= 0.6 is 0 Å². The van der Waals surface area contributed by atoms with E-state index in [0.29, 0.717) is 12.6 Å².